The molecule has 0 radical (unpaired) electrons. The summed E-state index contributed by atoms with van der Waals surface area (Å²) < 4.78 is 22.0. The zero-order valence-electron chi connectivity index (χ0n) is 11.8. The molecular weight excluding hydrogens is 292 g/mol. The average molecular weight is 310 g/mol. The molecule has 1 aliphatic rings. The smallest absolute Gasteiger partial charge is 0.227 e. The Kier molecular flexibility index (Phi) is 4.62. The van der Waals surface area contributed by atoms with E-state index in [1.165, 1.54) is 0 Å². The Hall–Kier alpha value is -1.89. The van der Waals surface area contributed by atoms with Crippen LogP contribution in [0.25, 0.3) is 0 Å². The summed E-state index contributed by atoms with van der Waals surface area (Å²) in [5, 5.41) is 2.58. The van der Waals surface area contributed by atoms with Crippen molar-refractivity contribution in [2.45, 2.75) is 6.42 Å². The molecule has 0 aromatic heterocycles. The maximum absolute atomic E-state index is 12.0. The topological polar surface area (TPSA) is 83.5 Å². The Morgan fingerprint density at radius 2 is 2.00 bits per heavy atom. The lowest BCUT2D eigenvalue weighted by Gasteiger charge is -2.16. The zero-order chi connectivity index (χ0) is 15.5. The quantitative estimate of drug-likeness (QED) is 0.842. The van der Waals surface area contributed by atoms with Crippen LogP contribution < -0.4 is 10.2 Å². The number of anilines is 1. The van der Waals surface area contributed by atoms with Crippen LogP contribution in [-0.2, 0) is 19.4 Å². The van der Waals surface area contributed by atoms with Gasteiger partial charge in [0.15, 0.2) is 0 Å². The van der Waals surface area contributed by atoms with Crippen molar-refractivity contribution in [2.24, 2.45) is 5.92 Å². The lowest BCUT2D eigenvalue weighted by molar-refractivity contribution is -0.126. The van der Waals surface area contributed by atoms with Crippen molar-refractivity contribution >= 4 is 27.3 Å². The Labute approximate surface area is 124 Å². The second kappa shape index (κ2) is 6.26. The van der Waals surface area contributed by atoms with Crippen LogP contribution in [0.2, 0.25) is 0 Å². The summed E-state index contributed by atoms with van der Waals surface area (Å²) >= 11 is 0. The van der Waals surface area contributed by atoms with E-state index in [4.69, 9.17) is 0 Å². The van der Waals surface area contributed by atoms with E-state index in [0.29, 0.717) is 6.54 Å². The number of sulfone groups is 1. The van der Waals surface area contributed by atoms with Crippen LogP contribution in [0.1, 0.15) is 6.42 Å². The van der Waals surface area contributed by atoms with Gasteiger partial charge in [0.25, 0.3) is 0 Å². The van der Waals surface area contributed by atoms with Crippen LogP contribution in [0.4, 0.5) is 5.69 Å². The highest BCUT2D eigenvalue weighted by molar-refractivity contribution is 7.90. The highest BCUT2D eigenvalue weighted by atomic mass is 32.2. The largest absolute Gasteiger partial charge is 0.355 e. The van der Waals surface area contributed by atoms with Gasteiger partial charge in [0.1, 0.15) is 9.84 Å². The van der Waals surface area contributed by atoms with Crippen LogP contribution >= 0.6 is 0 Å². The molecule has 0 bridgehead atoms. The van der Waals surface area contributed by atoms with Gasteiger partial charge in [0.2, 0.25) is 11.8 Å². The molecule has 7 heteroatoms. The van der Waals surface area contributed by atoms with Gasteiger partial charge in [-0.05, 0) is 12.1 Å². The average Bonchev–Trinajstić information content (AvgIpc) is 2.80. The minimum Gasteiger partial charge on any atom is -0.355 e. The van der Waals surface area contributed by atoms with Crippen molar-refractivity contribution in [1.82, 2.24) is 5.32 Å². The first-order valence-corrected chi connectivity index (χ1v) is 8.74. The molecule has 1 aromatic carbocycles. The number of benzene rings is 1. The van der Waals surface area contributed by atoms with E-state index in [2.05, 4.69) is 5.32 Å². The van der Waals surface area contributed by atoms with E-state index in [-0.39, 0.29) is 30.5 Å². The molecule has 2 amide bonds. The summed E-state index contributed by atoms with van der Waals surface area (Å²) in [6.07, 6.45) is 1.27. The molecule has 2 rings (SSSR count). The van der Waals surface area contributed by atoms with Crippen LogP contribution in [-0.4, -0.2) is 45.3 Å². The van der Waals surface area contributed by atoms with E-state index < -0.39 is 15.8 Å². The summed E-state index contributed by atoms with van der Waals surface area (Å²) in [6, 6.07) is 9.17. The first kappa shape index (κ1) is 15.5. The fourth-order valence-electron chi connectivity index (χ4n) is 2.24. The van der Waals surface area contributed by atoms with Gasteiger partial charge in [-0.1, -0.05) is 18.2 Å². The molecule has 1 aliphatic heterocycles. The predicted molar refractivity (Wildman–Crippen MR) is 79.6 cm³/mol. The molecule has 0 spiro atoms. The molecule has 1 saturated heterocycles. The monoisotopic (exact) mass is 310 g/mol. The molecule has 0 aliphatic carbocycles. The molecule has 6 nitrogen and oxygen atoms in total. The maximum atomic E-state index is 12.0. The van der Waals surface area contributed by atoms with Gasteiger partial charge >= 0.3 is 0 Å². The van der Waals surface area contributed by atoms with E-state index in [9.17, 15) is 18.0 Å². The lowest BCUT2D eigenvalue weighted by atomic mass is 10.1. The van der Waals surface area contributed by atoms with E-state index in [0.717, 1.165) is 11.9 Å². The van der Waals surface area contributed by atoms with Gasteiger partial charge in [-0.15, -0.1) is 0 Å². The maximum Gasteiger partial charge on any atom is 0.227 e. The van der Waals surface area contributed by atoms with Gasteiger partial charge in [-0.25, -0.2) is 8.42 Å². The van der Waals surface area contributed by atoms with Gasteiger partial charge in [0, 0.05) is 31.5 Å². The van der Waals surface area contributed by atoms with Crippen molar-refractivity contribution in [1.29, 1.82) is 0 Å². The van der Waals surface area contributed by atoms with Crippen molar-refractivity contribution in [3.05, 3.63) is 30.3 Å². The van der Waals surface area contributed by atoms with Crippen LogP contribution in [0, 0.1) is 5.92 Å². The van der Waals surface area contributed by atoms with Crippen molar-refractivity contribution in [2.75, 3.05) is 30.0 Å². The van der Waals surface area contributed by atoms with Crippen LogP contribution in [0.3, 0.4) is 0 Å². The number of rotatable bonds is 5. The molecule has 1 fully saturated rings. The second-order valence-corrected chi connectivity index (χ2v) is 7.42. The van der Waals surface area contributed by atoms with Crippen LogP contribution in [0.5, 0.6) is 0 Å². The molecule has 1 unspecified atom stereocenters. The summed E-state index contributed by atoms with van der Waals surface area (Å²) in [5.74, 6) is -0.894. The zero-order valence-corrected chi connectivity index (χ0v) is 12.6. The Morgan fingerprint density at radius 3 is 2.62 bits per heavy atom. The van der Waals surface area contributed by atoms with Crippen molar-refractivity contribution in [3.63, 3.8) is 0 Å². The molecule has 21 heavy (non-hydrogen) atoms. The third-order valence-corrected chi connectivity index (χ3v) is 4.28. The standard InChI is InChI=1S/C14H18N2O4S/c1-21(19,20)8-7-15-14(18)11-9-13(17)16(10-11)12-5-3-2-4-6-12/h2-6,11H,7-10H2,1H3,(H,15,18). The van der Waals surface area contributed by atoms with E-state index >= 15 is 0 Å². The van der Waals surface area contributed by atoms with Gasteiger partial charge in [-0.3, -0.25) is 9.59 Å². The first-order valence-electron chi connectivity index (χ1n) is 6.67. The minimum absolute atomic E-state index is 0.0771. The number of nitrogens with one attached hydrogen (secondary N) is 1. The summed E-state index contributed by atoms with van der Waals surface area (Å²) in [4.78, 5) is 25.5. The van der Waals surface area contributed by atoms with Gasteiger partial charge < -0.3 is 10.2 Å². The Balaban J connectivity index is 1.92. The lowest BCUT2D eigenvalue weighted by Crippen LogP contribution is -2.35. The third kappa shape index (κ3) is 4.29. The normalized spacial score (nSPS) is 18.8. The third-order valence-electron chi connectivity index (χ3n) is 3.34. The SMILES string of the molecule is CS(=O)(=O)CCNC(=O)C1CC(=O)N(c2ccccc2)C1. The molecule has 114 valence electrons. The highest BCUT2D eigenvalue weighted by Crippen LogP contribution is 2.24. The molecule has 1 atom stereocenters. The number of carbonyl (C=O) groups is 2. The number of para-hydroxylation sites is 1. The first-order chi connectivity index (χ1) is 9.87. The number of nitrogens with zero attached hydrogens (tertiary/aromatic N) is 1. The Morgan fingerprint density at radius 1 is 1.33 bits per heavy atom. The highest BCUT2D eigenvalue weighted by Gasteiger charge is 2.34. The summed E-state index contributed by atoms with van der Waals surface area (Å²) in [7, 11) is -3.10. The summed E-state index contributed by atoms with van der Waals surface area (Å²) in [5.41, 5.74) is 0.772. The summed E-state index contributed by atoms with van der Waals surface area (Å²) in [6.45, 7) is 0.404. The van der Waals surface area contributed by atoms with E-state index in [1.807, 2.05) is 30.3 Å². The van der Waals surface area contributed by atoms with Crippen LogP contribution in [0.15, 0.2) is 30.3 Å². The van der Waals surface area contributed by atoms with Gasteiger partial charge in [0.05, 0.1) is 11.7 Å². The molecular formula is C14H18N2O4S. The fraction of sp³-hybridized carbons (Fsp3) is 0.429. The number of hydrogen-bond acceptors (Lipinski definition) is 4. The fourth-order valence-corrected chi connectivity index (χ4v) is 2.72. The number of amides is 2. The van der Waals surface area contributed by atoms with E-state index in [1.54, 1.807) is 4.90 Å². The molecule has 1 N–H and O–H groups in total. The number of hydrogen-bond donors (Lipinski definition) is 1. The molecule has 1 aromatic rings. The Bertz CT molecular complexity index is 628. The van der Waals surface area contributed by atoms with Crippen molar-refractivity contribution < 1.29 is 18.0 Å². The number of carbonyl (C=O) groups excluding carboxylic acids is 2. The molecule has 0 saturated carbocycles. The van der Waals surface area contributed by atoms with Crippen molar-refractivity contribution in [3.8, 4) is 0 Å². The molecule has 1 heterocycles. The van der Waals surface area contributed by atoms with Gasteiger partial charge in [-0.2, -0.15) is 0 Å². The predicted octanol–water partition coefficient (Wildman–Crippen LogP) is 0.200. The minimum atomic E-state index is -3.10. The second-order valence-electron chi connectivity index (χ2n) is 5.16.